The molecule has 4 rings (SSSR count). The van der Waals surface area contributed by atoms with E-state index in [4.69, 9.17) is 9.26 Å². The summed E-state index contributed by atoms with van der Waals surface area (Å²) in [4.78, 5) is 20.5. The van der Waals surface area contributed by atoms with Crippen molar-refractivity contribution in [1.82, 2.24) is 20.4 Å². The fourth-order valence-corrected chi connectivity index (χ4v) is 2.64. The van der Waals surface area contributed by atoms with Crippen LogP contribution in [0.3, 0.4) is 0 Å². The van der Waals surface area contributed by atoms with Gasteiger partial charge in [0.25, 0.3) is 5.91 Å². The number of amides is 1. The first-order chi connectivity index (χ1) is 13.1. The standard InChI is InChI=1S/C20H20N4O3/c1-12-3-4-14(9-21-12)19-17(13(2)27-24-19)11-26-18-8-5-15(10-22-18)20(25)23-16-6-7-16/h3-5,8-10,16H,6-7,11H2,1-2H3,(H,23,25). The maximum absolute atomic E-state index is 12.0. The Labute approximate surface area is 156 Å². The first kappa shape index (κ1) is 17.2. The van der Waals surface area contributed by atoms with Crippen molar-refractivity contribution in [2.45, 2.75) is 39.3 Å². The van der Waals surface area contributed by atoms with Crippen LogP contribution in [0, 0.1) is 13.8 Å². The van der Waals surface area contributed by atoms with Gasteiger partial charge in [0.2, 0.25) is 5.88 Å². The highest BCUT2D eigenvalue weighted by Crippen LogP contribution is 2.26. The Morgan fingerprint density at radius 3 is 2.70 bits per heavy atom. The number of pyridine rings is 2. The second kappa shape index (κ2) is 7.19. The highest BCUT2D eigenvalue weighted by atomic mass is 16.5. The zero-order chi connectivity index (χ0) is 18.8. The van der Waals surface area contributed by atoms with E-state index in [0.29, 0.717) is 28.9 Å². The van der Waals surface area contributed by atoms with Crippen LogP contribution in [0.1, 0.15) is 40.2 Å². The lowest BCUT2D eigenvalue weighted by Gasteiger charge is -2.07. The molecule has 3 heterocycles. The lowest BCUT2D eigenvalue weighted by atomic mass is 10.1. The maximum Gasteiger partial charge on any atom is 0.253 e. The molecule has 1 fully saturated rings. The van der Waals surface area contributed by atoms with Gasteiger partial charge in [-0.2, -0.15) is 0 Å². The Hall–Kier alpha value is -3.22. The van der Waals surface area contributed by atoms with Crippen molar-refractivity contribution in [2.75, 3.05) is 0 Å². The molecular formula is C20H20N4O3. The van der Waals surface area contributed by atoms with Gasteiger partial charge in [-0.3, -0.25) is 9.78 Å². The van der Waals surface area contributed by atoms with Crippen LogP contribution in [-0.4, -0.2) is 27.1 Å². The Bertz CT molecular complexity index is 944. The molecule has 0 atom stereocenters. The fourth-order valence-electron chi connectivity index (χ4n) is 2.64. The van der Waals surface area contributed by atoms with Crippen molar-refractivity contribution in [3.8, 4) is 17.1 Å². The first-order valence-electron chi connectivity index (χ1n) is 8.88. The molecule has 0 saturated heterocycles. The number of nitrogens with zero attached hydrogens (tertiary/aromatic N) is 3. The van der Waals surface area contributed by atoms with Gasteiger partial charge in [0.15, 0.2) is 0 Å². The third-order valence-electron chi connectivity index (χ3n) is 4.44. The van der Waals surface area contributed by atoms with Crippen molar-refractivity contribution < 1.29 is 14.1 Å². The molecule has 7 nitrogen and oxygen atoms in total. The Morgan fingerprint density at radius 1 is 1.19 bits per heavy atom. The molecule has 1 N–H and O–H groups in total. The van der Waals surface area contributed by atoms with E-state index in [2.05, 4.69) is 20.4 Å². The first-order valence-corrected chi connectivity index (χ1v) is 8.88. The predicted octanol–water partition coefficient (Wildman–Crippen LogP) is 3.22. The van der Waals surface area contributed by atoms with E-state index in [1.54, 1.807) is 18.3 Å². The number of aromatic nitrogens is 3. The molecule has 1 aliphatic carbocycles. The Balaban J connectivity index is 1.45. The van der Waals surface area contributed by atoms with Crippen molar-refractivity contribution in [1.29, 1.82) is 0 Å². The normalized spacial score (nSPS) is 13.4. The second-order valence-corrected chi connectivity index (χ2v) is 6.68. The minimum atomic E-state index is -0.0967. The van der Waals surface area contributed by atoms with Crippen LogP contribution < -0.4 is 10.1 Å². The van der Waals surface area contributed by atoms with Crippen LogP contribution in [0.2, 0.25) is 0 Å². The highest BCUT2D eigenvalue weighted by molar-refractivity contribution is 5.94. The minimum Gasteiger partial charge on any atom is -0.473 e. The van der Waals surface area contributed by atoms with Crippen molar-refractivity contribution in [3.63, 3.8) is 0 Å². The molecule has 1 amide bonds. The van der Waals surface area contributed by atoms with E-state index in [9.17, 15) is 4.79 Å². The minimum absolute atomic E-state index is 0.0967. The van der Waals surface area contributed by atoms with Gasteiger partial charge in [0.1, 0.15) is 18.1 Å². The molecule has 3 aromatic heterocycles. The van der Waals surface area contributed by atoms with Gasteiger partial charge in [-0.25, -0.2) is 4.98 Å². The topological polar surface area (TPSA) is 90.1 Å². The van der Waals surface area contributed by atoms with Crippen LogP contribution in [0.5, 0.6) is 5.88 Å². The van der Waals surface area contributed by atoms with Crippen LogP contribution in [0.4, 0.5) is 0 Å². The van der Waals surface area contributed by atoms with Gasteiger partial charge in [-0.15, -0.1) is 0 Å². The molecule has 7 heteroatoms. The number of hydrogen-bond acceptors (Lipinski definition) is 6. The summed E-state index contributed by atoms with van der Waals surface area (Å²) in [5.41, 5.74) is 3.89. The molecule has 1 saturated carbocycles. The molecule has 1 aliphatic rings. The van der Waals surface area contributed by atoms with Gasteiger partial charge in [-0.05, 0) is 44.9 Å². The molecule has 0 aromatic carbocycles. The van der Waals surface area contributed by atoms with Crippen molar-refractivity contribution in [2.24, 2.45) is 0 Å². The molecule has 0 aliphatic heterocycles. The molecule has 0 spiro atoms. The number of nitrogens with one attached hydrogen (secondary N) is 1. The van der Waals surface area contributed by atoms with Crippen molar-refractivity contribution in [3.05, 3.63) is 59.2 Å². The van der Waals surface area contributed by atoms with Crippen LogP contribution in [-0.2, 0) is 6.61 Å². The summed E-state index contributed by atoms with van der Waals surface area (Å²) in [5, 5.41) is 7.07. The predicted molar refractivity (Wildman–Crippen MR) is 98.3 cm³/mol. The number of aryl methyl sites for hydroxylation is 2. The summed E-state index contributed by atoms with van der Waals surface area (Å²) in [6.45, 7) is 4.04. The van der Waals surface area contributed by atoms with Crippen LogP contribution >= 0.6 is 0 Å². The van der Waals surface area contributed by atoms with Gasteiger partial charge >= 0.3 is 0 Å². The number of hydrogen-bond donors (Lipinski definition) is 1. The fraction of sp³-hybridized carbons (Fsp3) is 0.300. The molecule has 0 unspecified atom stereocenters. The monoisotopic (exact) mass is 364 g/mol. The van der Waals surface area contributed by atoms with E-state index in [-0.39, 0.29) is 12.5 Å². The van der Waals surface area contributed by atoms with Gasteiger partial charge in [0.05, 0.1) is 11.1 Å². The molecule has 0 radical (unpaired) electrons. The molecular weight excluding hydrogens is 344 g/mol. The molecule has 0 bridgehead atoms. The third-order valence-corrected chi connectivity index (χ3v) is 4.44. The summed E-state index contributed by atoms with van der Waals surface area (Å²) < 4.78 is 11.1. The number of rotatable bonds is 6. The molecule has 27 heavy (non-hydrogen) atoms. The Kier molecular flexibility index (Phi) is 4.58. The Morgan fingerprint density at radius 2 is 2.04 bits per heavy atom. The quantitative estimate of drug-likeness (QED) is 0.722. The van der Waals surface area contributed by atoms with Gasteiger partial charge < -0.3 is 14.6 Å². The summed E-state index contributed by atoms with van der Waals surface area (Å²) in [7, 11) is 0. The van der Waals surface area contributed by atoms with Crippen LogP contribution in [0.15, 0.2) is 41.2 Å². The van der Waals surface area contributed by atoms with E-state index in [1.807, 2.05) is 26.0 Å². The van der Waals surface area contributed by atoms with E-state index < -0.39 is 0 Å². The molecule has 3 aromatic rings. The highest BCUT2D eigenvalue weighted by Gasteiger charge is 2.24. The maximum atomic E-state index is 12.0. The largest absolute Gasteiger partial charge is 0.473 e. The van der Waals surface area contributed by atoms with E-state index in [0.717, 1.165) is 29.7 Å². The van der Waals surface area contributed by atoms with Crippen molar-refractivity contribution >= 4 is 5.91 Å². The summed E-state index contributed by atoms with van der Waals surface area (Å²) >= 11 is 0. The number of carbonyl (C=O) groups is 1. The average molecular weight is 364 g/mol. The van der Waals surface area contributed by atoms with E-state index in [1.165, 1.54) is 6.20 Å². The molecule has 138 valence electrons. The third kappa shape index (κ3) is 3.97. The summed E-state index contributed by atoms with van der Waals surface area (Å²) in [5.74, 6) is 1.03. The number of carbonyl (C=O) groups excluding carboxylic acids is 1. The SMILES string of the molecule is Cc1ccc(-c2noc(C)c2COc2ccc(C(=O)NC3CC3)cn2)cn1. The zero-order valence-corrected chi connectivity index (χ0v) is 15.2. The lowest BCUT2D eigenvalue weighted by molar-refractivity contribution is 0.0950. The smallest absolute Gasteiger partial charge is 0.253 e. The van der Waals surface area contributed by atoms with Gasteiger partial charge in [0, 0.05) is 35.8 Å². The second-order valence-electron chi connectivity index (χ2n) is 6.68. The van der Waals surface area contributed by atoms with Crippen LogP contribution in [0.25, 0.3) is 11.3 Å². The van der Waals surface area contributed by atoms with Gasteiger partial charge in [-0.1, -0.05) is 5.16 Å². The number of ether oxygens (including phenoxy) is 1. The van der Waals surface area contributed by atoms with E-state index >= 15 is 0 Å². The average Bonchev–Trinajstić information content (AvgIpc) is 3.42. The summed E-state index contributed by atoms with van der Waals surface area (Å²) in [6.07, 6.45) is 5.40. The lowest BCUT2D eigenvalue weighted by Crippen LogP contribution is -2.25. The summed E-state index contributed by atoms with van der Waals surface area (Å²) in [6, 6.07) is 7.61. The zero-order valence-electron chi connectivity index (χ0n) is 15.2.